The Kier molecular flexibility index (Phi) is 4.61. The van der Waals surface area contributed by atoms with Crippen LogP contribution in [0.1, 0.15) is 28.4 Å². The Bertz CT molecular complexity index is 1140. The van der Waals surface area contributed by atoms with Gasteiger partial charge in [-0.05, 0) is 53.1 Å². The van der Waals surface area contributed by atoms with Gasteiger partial charge >= 0.3 is 0 Å². The molecule has 0 fully saturated rings. The second-order valence-electron chi connectivity index (χ2n) is 6.29. The molecule has 0 aliphatic carbocycles. The number of benzene rings is 2. The van der Waals surface area contributed by atoms with E-state index >= 15 is 0 Å². The van der Waals surface area contributed by atoms with Gasteiger partial charge in [-0.2, -0.15) is 0 Å². The Morgan fingerprint density at radius 3 is 2.33 bits per heavy atom. The third kappa shape index (κ3) is 3.42. The van der Waals surface area contributed by atoms with Crippen LogP contribution in [0.25, 0.3) is 22.6 Å². The first kappa shape index (κ1) is 17.3. The van der Waals surface area contributed by atoms with Gasteiger partial charge in [0.05, 0.1) is 5.52 Å². The van der Waals surface area contributed by atoms with Gasteiger partial charge in [-0.15, -0.1) is 0 Å². The molecule has 3 nitrogen and oxygen atoms in total. The number of hydrogen-bond acceptors (Lipinski definition) is 2. The van der Waals surface area contributed by atoms with E-state index in [4.69, 9.17) is 11.6 Å². The number of hydrogen-bond donors (Lipinski definition) is 0. The summed E-state index contributed by atoms with van der Waals surface area (Å²) in [6.45, 7) is 1.57. The first-order valence-electron chi connectivity index (χ1n) is 8.62. The van der Waals surface area contributed by atoms with Crippen LogP contribution in [0.2, 0.25) is 5.02 Å². The van der Waals surface area contributed by atoms with E-state index in [0.29, 0.717) is 5.02 Å². The molecule has 0 saturated carbocycles. The number of para-hydroxylation sites is 1. The molecule has 0 radical (unpaired) electrons. The minimum atomic E-state index is -0.0113. The highest BCUT2D eigenvalue weighted by Gasteiger charge is 2.12. The van der Waals surface area contributed by atoms with Crippen molar-refractivity contribution in [1.29, 1.82) is 0 Å². The van der Waals surface area contributed by atoms with Crippen molar-refractivity contribution in [3.8, 4) is 0 Å². The average molecular weight is 373 g/mol. The number of carbonyl (C=O) groups is 1. The molecule has 0 aliphatic heterocycles. The van der Waals surface area contributed by atoms with Crippen molar-refractivity contribution >= 4 is 40.1 Å². The molecule has 0 bridgehead atoms. The van der Waals surface area contributed by atoms with Gasteiger partial charge in [-0.3, -0.25) is 14.3 Å². The van der Waals surface area contributed by atoms with E-state index in [-0.39, 0.29) is 5.91 Å². The van der Waals surface area contributed by atoms with Crippen molar-refractivity contribution in [2.45, 2.75) is 6.92 Å². The fourth-order valence-electron chi connectivity index (χ4n) is 3.23. The monoisotopic (exact) mass is 372 g/mol. The fourth-order valence-corrected chi connectivity index (χ4v) is 3.36. The second kappa shape index (κ2) is 7.22. The second-order valence-corrected chi connectivity index (χ2v) is 6.73. The summed E-state index contributed by atoms with van der Waals surface area (Å²) >= 11 is 6.07. The summed E-state index contributed by atoms with van der Waals surface area (Å²) in [5.74, 6) is -0.0113. The van der Waals surface area contributed by atoms with E-state index < -0.39 is 0 Å². The summed E-state index contributed by atoms with van der Waals surface area (Å²) in [4.78, 5) is 16.2. The zero-order chi connectivity index (χ0) is 18.8. The van der Waals surface area contributed by atoms with Gasteiger partial charge in [0.2, 0.25) is 5.91 Å². The molecule has 0 atom stereocenters. The highest BCUT2D eigenvalue weighted by Crippen LogP contribution is 2.30. The van der Waals surface area contributed by atoms with E-state index in [1.165, 1.54) is 0 Å². The van der Waals surface area contributed by atoms with Crippen LogP contribution in [0.4, 0.5) is 0 Å². The van der Waals surface area contributed by atoms with Crippen molar-refractivity contribution in [3.05, 3.63) is 101 Å². The zero-order valence-corrected chi connectivity index (χ0v) is 15.5. The number of pyridine rings is 1. The molecule has 27 heavy (non-hydrogen) atoms. The lowest BCUT2D eigenvalue weighted by molar-refractivity contribution is 0.0941. The maximum Gasteiger partial charge on any atom is 0.227 e. The zero-order valence-electron chi connectivity index (χ0n) is 14.8. The van der Waals surface area contributed by atoms with Crippen LogP contribution in [0, 0.1) is 0 Å². The minimum absolute atomic E-state index is 0.0113. The largest absolute Gasteiger partial charge is 0.287 e. The number of fused-ring (bicyclic) bond motifs is 1. The smallest absolute Gasteiger partial charge is 0.227 e. The van der Waals surface area contributed by atoms with Crippen LogP contribution in [0.5, 0.6) is 0 Å². The van der Waals surface area contributed by atoms with Gasteiger partial charge in [-0.25, -0.2) is 0 Å². The highest BCUT2D eigenvalue weighted by atomic mass is 35.5. The van der Waals surface area contributed by atoms with E-state index in [0.717, 1.165) is 33.2 Å². The lowest BCUT2D eigenvalue weighted by Crippen LogP contribution is -2.02. The molecule has 2 aromatic heterocycles. The maximum atomic E-state index is 12.1. The molecule has 2 heterocycles. The number of nitrogens with zero attached hydrogens (tertiary/aromatic N) is 2. The minimum Gasteiger partial charge on any atom is -0.287 e. The standard InChI is InChI=1S/C23H17ClN2O/c1-16(27)26-15-19(21-4-2-3-5-23(21)26)14-22(18-10-12-25-13-11-18)17-6-8-20(24)9-7-17/h2-15H,1H3/b22-14+. The molecule has 0 unspecified atom stereocenters. The van der Waals surface area contributed by atoms with Crippen LogP contribution >= 0.6 is 11.6 Å². The predicted molar refractivity (Wildman–Crippen MR) is 111 cm³/mol. The van der Waals surface area contributed by atoms with E-state index in [9.17, 15) is 4.79 Å². The normalized spacial score (nSPS) is 11.7. The van der Waals surface area contributed by atoms with Crippen LogP contribution < -0.4 is 0 Å². The Balaban J connectivity index is 1.96. The first-order chi connectivity index (χ1) is 13.1. The summed E-state index contributed by atoms with van der Waals surface area (Å²) in [6, 6.07) is 19.6. The number of aromatic nitrogens is 2. The van der Waals surface area contributed by atoms with Crippen molar-refractivity contribution in [1.82, 2.24) is 9.55 Å². The van der Waals surface area contributed by atoms with Crippen LogP contribution in [0.15, 0.2) is 79.3 Å². The molecule has 0 spiro atoms. The van der Waals surface area contributed by atoms with E-state index in [1.807, 2.05) is 66.9 Å². The maximum absolute atomic E-state index is 12.1. The van der Waals surface area contributed by atoms with E-state index in [1.54, 1.807) is 23.9 Å². The molecule has 132 valence electrons. The average Bonchev–Trinajstić information content (AvgIpc) is 3.07. The molecular weight excluding hydrogens is 356 g/mol. The first-order valence-corrected chi connectivity index (χ1v) is 9.00. The van der Waals surface area contributed by atoms with Gasteiger partial charge in [0.25, 0.3) is 0 Å². The summed E-state index contributed by atoms with van der Waals surface area (Å²) in [7, 11) is 0. The Labute approximate surface area is 162 Å². The molecule has 2 aromatic carbocycles. The molecule has 4 aromatic rings. The lowest BCUT2D eigenvalue weighted by Gasteiger charge is -2.09. The summed E-state index contributed by atoms with van der Waals surface area (Å²) in [5, 5.41) is 1.73. The van der Waals surface area contributed by atoms with Crippen LogP contribution in [-0.2, 0) is 0 Å². The van der Waals surface area contributed by atoms with Gasteiger partial charge in [0.1, 0.15) is 0 Å². The van der Waals surface area contributed by atoms with Crippen LogP contribution in [0.3, 0.4) is 0 Å². The molecule has 4 heteroatoms. The third-order valence-electron chi connectivity index (χ3n) is 4.53. The quantitative estimate of drug-likeness (QED) is 0.446. The SMILES string of the molecule is CC(=O)n1cc(/C=C(/c2ccncc2)c2ccc(Cl)cc2)c2ccccc21. The van der Waals surface area contributed by atoms with Crippen LogP contribution in [-0.4, -0.2) is 15.5 Å². The van der Waals surface area contributed by atoms with Crippen molar-refractivity contribution in [2.75, 3.05) is 0 Å². The number of rotatable bonds is 3. The summed E-state index contributed by atoms with van der Waals surface area (Å²) in [6.07, 6.45) is 7.56. The highest BCUT2D eigenvalue weighted by molar-refractivity contribution is 6.30. The third-order valence-corrected chi connectivity index (χ3v) is 4.78. The van der Waals surface area contributed by atoms with Crippen molar-refractivity contribution < 1.29 is 4.79 Å². The predicted octanol–water partition coefficient (Wildman–Crippen LogP) is 5.94. The Morgan fingerprint density at radius 1 is 0.963 bits per heavy atom. The molecule has 0 N–H and O–H groups in total. The molecular formula is C23H17ClN2O. The molecule has 4 rings (SSSR count). The lowest BCUT2D eigenvalue weighted by atomic mass is 9.96. The Morgan fingerprint density at radius 2 is 1.63 bits per heavy atom. The molecule has 0 amide bonds. The topological polar surface area (TPSA) is 34.9 Å². The summed E-state index contributed by atoms with van der Waals surface area (Å²) in [5.41, 5.74) is 5.03. The Hall–Kier alpha value is -3.17. The van der Waals surface area contributed by atoms with E-state index in [2.05, 4.69) is 11.1 Å². The number of halogens is 1. The van der Waals surface area contributed by atoms with Crippen molar-refractivity contribution in [2.24, 2.45) is 0 Å². The van der Waals surface area contributed by atoms with Gasteiger partial charge in [0.15, 0.2) is 0 Å². The van der Waals surface area contributed by atoms with Gasteiger partial charge in [0, 0.05) is 41.5 Å². The molecule has 0 saturated heterocycles. The van der Waals surface area contributed by atoms with Gasteiger partial charge < -0.3 is 0 Å². The van der Waals surface area contributed by atoms with Crippen molar-refractivity contribution in [3.63, 3.8) is 0 Å². The summed E-state index contributed by atoms with van der Waals surface area (Å²) < 4.78 is 1.69. The number of carbonyl (C=O) groups excluding carboxylic acids is 1. The van der Waals surface area contributed by atoms with Gasteiger partial charge in [-0.1, -0.05) is 41.9 Å². The fraction of sp³-hybridized carbons (Fsp3) is 0.0435. The molecule has 0 aliphatic rings.